The number of hydrogen-bond acceptors (Lipinski definition) is 5. The Morgan fingerprint density at radius 2 is 1.88 bits per heavy atom. The van der Waals surface area contributed by atoms with Gasteiger partial charge >= 0.3 is 6.18 Å². The highest BCUT2D eigenvalue weighted by atomic mass is 19.4. The molecule has 0 saturated carbocycles. The third kappa shape index (κ3) is 4.99. The summed E-state index contributed by atoms with van der Waals surface area (Å²) >= 11 is 0. The second-order valence-corrected chi connectivity index (χ2v) is 6.33. The molecule has 0 atom stereocenters. The van der Waals surface area contributed by atoms with Crippen molar-refractivity contribution in [2.24, 2.45) is 5.73 Å². The van der Waals surface area contributed by atoms with E-state index in [1.165, 1.54) is 24.3 Å². The van der Waals surface area contributed by atoms with E-state index in [9.17, 15) is 27.2 Å². The number of halogens is 4. The molecule has 3 rings (SSSR count). The van der Waals surface area contributed by atoms with Crippen LogP contribution in [0.2, 0.25) is 0 Å². The minimum absolute atomic E-state index is 0.0615. The number of alkyl halides is 3. The first-order valence-electron chi connectivity index (χ1n) is 8.74. The molecule has 2 aromatic carbocycles. The number of nitriles is 1. The van der Waals surface area contributed by atoms with E-state index in [4.69, 9.17) is 15.7 Å². The minimum atomic E-state index is -4.81. The van der Waals surface area contributed by atoms with E-state index >= 15 is 0 Å². The van der Waals surface area contributed by atoms with Crippen molar-refractivity contribution < 1.29 is 31.9 Å². The summed E-state index contributed by atoms with van der Waals surface area (Å²) in [6.07, 6.45) is -4.35. The van der Waals surface area contributed by atoms with Crippen LogP contribution in [0.4, 0.5) is 23.2 Å². The number of rotatable bonds is 5. The van der Waals surface area contributed by atoms with Crippen molar-refractivity contribution in [2.45, 2.75) is 6.18 Å². The Morgan fingerprint density at radius 3 is 2.53 bits per heavy atom. The van der Waals surface area contributed by atoms with Gasteiger partial charge in [0.05, 0.1) is 11.1 Å². The first-order valence-corrected chi connectivity index (χ1v) is 8.74. The van der Waals surface area contributed by atoms with Crippen molar-refractivity contribution in [3.05, 3.63) is 82.8 Å². The lowest BCUT2D eigenvalue weighted by Gasteiger charge is -2.14. The van der Waals surface area contributed by atoms with Crippen LogP contribution in [0.15, 0.2) is 54.7 Å². The summed E-state index contributed by atoms with van der Waals surface area (Å²) in [7, 11) is 0. The summed E-state index contributed by atoms with van der Waals surface area (Å²) in [6.45, 7) is 0. The number of ether oxygens (including phenoxy) is 1. The maximum Gasteiger partial charge on any atom is 0.417 e. The van der Waals surface area contributed by atoms with Crippen LogP contribution in [-0.4, -0.2) is 16.8 Å². The molecule has 2 amide bonds. The van der Waals surface area contributed by atoms with Crippen molar-refractivity contribution >= 4 is 17.5 Å². The number of carbonyl (C=O) groups is 2. The van der Waals surface area contributed by atoms with Crippen LogP contribution in [0.25, 0.3) is 0 Å². The van der Waals surface area contributed by atoms with Crippen LogP contribution in [-0.2, 0) is 6.18 Å². The molecule has 162 valence electrons. The van der Waals surface area contributed by atoms with E-state index in [0.717, 1.165) is 18.2 Å². The van der Waals surface area contributed by atoms with Gasteiger partial charge < -0.3 is 15.8 Å². The van der Waals surface area contributed by atoms with E-state index < -0.39 is 40.8 Å². The van der Waals surface area contributed by atoms with Gasteiger partial charge in [0, 0.05) is 17.4 Å². The Labute approximate surface area is 178 Å². The average Bonchev–Trinajstić information content (AvgIpc) is 2.74. The first-order chi connectivity index (χ1) is 15.1. The third-order valence-corrected chi connectivity index (χ3v) is 4.10. The molecule has 3 N–H and O–H groups in total. The Kier molecular flexibility index (Phi) is 6.06. The summed E-state index contributed by atoms with van der Waals surface area (Å²) in [5.74, 6) is -3.32. The largest absolute Gasteiger partial charge is 0.437 e. The highest BCUT2D eigenvalue weighted by molar-refractivity contribution is 6.06. The van der Waals surface area contributed by atoms with Crippen molar-refractivity contribution in [2.75, 3.05) is 5.32 Å². The van der Waals surface area contributed by atoms with Gasteiger partial charge in [0.2, 0.25) is 11.8 Å². The number of benzene rings is 2. The van der Waals surface area contributed by atoms with Crippen molar-refractivity contribution in [3.8, 4) is 17.7 Å². The van der Waals surface area contributed by atoms with E-state index in [1.54, 1.807) is 6.07 Å². The summed E-state index contributed by atoms with van der Waals surface area (Å²) in [5, 5.41) is 11.5. The molecule has 7 nitrogen and oxygen atoms in total. The Bertz CT molecular complexity index is 1250. The highest BCUT2D eigenvalue weighted by Crippen LogP contribution is 2.33. The average molecular weight is 444 g/mol. The van der Waals surface area contributed by atoms with Gasteiger partial charge in [-0.15, -0.1) is 0 Å². The summed E-state index contributed by atoms with van der Waals surface area (Å²) in [5.41, 5.74) is 3.23. The molecule has 3 aromatic rings. The molecule has 0 spiro atoms. The number of nitrogens with two attached hydrogens (primary N) is 1. The third-order valence-electron chi connectivity index (χ3n) is 4.10. The number of primary amides is 1. The summed E-state index contributed by atoms with van der Waals surface area (Å²) < 4.78 is 58.2. The zero-order valence-corrected chi connectivity index (χ0v) is 15.9. The van der Waals surface area contributed by atoms with Crippen molar-refractivity contribution in [1.29, 1.82) is 5.26 Å². The molecular weight excluding hydrogens is 432 g/mol. The van der Waals surface area contributed by atoms with Crippen LogP contribution >= 0.6 is 0 Å². The molecule has 0 bridgehead atoms. The second kappa shape index (κ2) is 8.73. The topological polar surface area (TPSA) is 118 Å². The fraction of sp³-hybridized carbons (Fsp3) is 0.0476. The van der Waals surface area contributed by atoms with Crippen LogP contribution in [0.3, 0.4) is 0 Å². The van der Waals surface area contributed by atoms with Gasteiger partial charge in [0.1, 0.15) is 23.2 Å². The van der Waals surface area contributed by atoms with Crippen LogP contribution in [0, 0.1) is 17.1 Å². The molecule has 0 radical (unpaired) electrons. The number of amides is 2. The van der Waals surface area contributed by atoms with Gasteiger partial charge in [-0.05, 0) is 42.5 Å². The summed E-state index contributed by atoms with van der Waals surface area (Å²) in [4.78, 5) is 27.6. The molecule has 0 aliphatic heterocycles. The maximum absolute atomic E-state index is 13.4. The molecule has 1 aromatic heterocycles. The number of anilines is 1. The smallest absolute Gasteiger partial charge is 0.417 e. The molecule has 1 heterocycles. The minimum Gasteiger partial charge on any atom is -0.437 e. The Morgan fingerprint density at radius 1 is 1.12 bits per heavy atom. The lowest BCUT2D eigenvalue weighted by molar-refractivity contribution is -0.137. The zero-order chi connectivity index (χ0) is 23.5. The van der Waals surface area contributed by atoms with E-state index in [2.05, 4.69) is 10.3 Å². The summed E-state index contributed by atoms with van der Waals surface area (Å²) in [6, 6.07) is 10.5. The molecule has 11 heteroatoms. The lowest BCUT2D eigenvalue weighted by atomic mass is 10.1. The maximum atomic E-state index is 13.4. The number of pyridine rings is 1. The van der Waals surface area contributed by atoms with Crippen LogP contribution < -0.4 is 15.8 Å². The number of nitrogens with zero attached hydrogens (tertiary/aromatic N) is 2. The SMILES string of the molecule is N#Cc1cc(F)ccc1Oc1ncc(C(F)(F)F)cc1C(=O)Nc1cccc(C(N)=O)c1. The van der Waals surface area contributed by atoms with Gasteiger partial charge in [-0.3, -0.25) is 9.59 Å². The molecular formula is C21H12F4N4O3. The number of carbonyl (C=O) groups excluding carboxylic acids is 2. The lowest BCUT2D eigenvalue weighted by Crippen LogP contribution is -2.17. The number of aromatic nitrogens is 1. The van der Waals surface area contributed by atoms with Crippen LogP contribution in [0.1, 0.15) is 31.8 Å². The molecule has 32 heavy (non-hydrogen) atoms. The van der Waals surface area contributed by atoms with Gasteiger partial charge in [0.15, 0.2) is 0 Å². The van der Waals surface area contributed by atoms with Crippen LogP contribution in [0.5, 0.6) is 11.6 Å². The van der Waals surface area contributed by atoms with Gasteiger partial charge in [-0.25, -0.2) is 9.37 Å². The van der Waals surface area contributed by atoms with Gasteiger partial charge in [0.25, 0.3) is 5.91 Å². The zero-order valence-electron chi connectivity index (χ0n) is 15.9. The van der Waals surface area contributed by atoms with Crippen molar-refractivity contribution in [3.63, 3.8) is 0 Å². The standard InChI is InChI=1S/C21H12F4N4O3/c22-14-4-5-17(12(6-14)9-26)32-20-16(8-13(10-28-20)21(23,24)25)19(31)29-15-3-1-2-11(7-15)18(27)30/h1-8,10H,(H2,27,30)(H,29,31). The van der Waals surface area contributed by atoms with Gasteiger partial charge in [-0.2, -0.15) is 18.4 Å². The molecule has 0 unspecified atom stereocenters. The van der Waals surface area contributed by atoms with E-state index in [1.807, 2.05) is 0 Å². The first kappa shape index (κ1) is 22.2. The van der Waals surface area contributed by atoms with Crippen molar-refractivity contribution in [1.82, 2.24) is 4.98 Å². The quantitative estimate of drug-likeness (QED) is 0.571. The molecule has 0 saturated heterocycles. The molecule has 0 fully saturated rings. The number of hydrogen-bond donors (Lipinski definition) is 2. The fourth-order valence-electron chi connectivity index (χ4n) is 2.58. The predicted octanol–water partition coefficient (Wildman–Crippen LogP) is 4.25. The predicted molar refractivity (Wildman–Crippen MR) is 103 cm³/mol. The Hall–Kier alpha value is -4.46. The highest BCUT2D eigenvalue weighted by Gasteiger charge is 2.33. The normalized spacial score (nSPS) is 10.8. The number of nitrogens with one attached hydrogen (secondary N) is 1. The molecule has 0 aliphatic carbocycles. The Balaban J connectivity index is 2.02. The molecule has 0 aliphatic rings. The van der Waals surface area contributed by atoms with E-state index in [0.29, 0.717) is 12.3 Å². The monoisotopic (exact) mass is 444 g/mol. The van der Waals surface area contributed by atoms with E-state index in [-0.39, 0.29) is 22.6 Å². The fourth-order valence-corrected chi connectivity index (χ4v) is 2.58. The van der Waals surface area contributed by atoms with Gasteiger partial charge in [-0.1, -0.05) is 6.07 Å². The second-order valence-electron chi connectivity index (χ2n) is 6.33.